The zero-order valence-electron chi connectivity index (χ0n) is 15.1. The van der Waals surface area contributed by atoms with Gasteiger partial charge >= 0.3 is 0 Å². The molecule has 138 valence electrons. The van der Waals surface area contributed by atoms with Crippen molar-refractivity contribution in [2.45, 2.75) is 46.1 Å². The summed E-state index contributed by atoms with van der Waals surface area (Å²) in [6.07, 6.45) is 3.67. The number of aromatic nitrogens is 4. The minimum absolute atomic E-state index is 0.0427. The fourth-order valence-electron chi connectivity index (χ4n) is 2.80. The molecule has 1 fully saturated rings. The second kappa shape index (κ2) is 6.20. The summed E-state index contributed by atoms with van der Waals surface area (Å²) in [5, 5.41) is 19.5. The van der Waals surface area contributed by atoms with Gasteiger partial charge in [0.05, 0.1) is 34.5 Å². The average molecular weight is 361 g/mol. The van der Waals surface area contributed by atoms with Gasteiger partial charge in [0.1, 0.15) is 5.82 Å². The topological polar surface area (TPSA) is 91.5 Å². The molecule has 1 aliphatic carbocycles. The van der Waals surface area contributed by atoms with Crippen molar-refractivity contribution in [3.63, 3.8) is 0 Å². The van der Waals surface area contributed by atoms with E-state index in [4.69, 9.17) is 0 Å². The quantitative estimate of drug-likeness (QED) is 0.814. The predicted molar refractivity (Wildman–Crippen MR) is 93.4 cm³/mol. The van der Waals surface area contributed by atoms with Gasteiger partial charge in [-0.3, -0.25) is 4.68 Å². The molecule has 2 aromatic heterocycles. The Balaban J connectivity index is 1.85. The van der Waals surface area contributed by atoms with Crippen molar-refractivity contribution in [2.75, 3.05) is 17.2 Å². The molecule has 0 amide bonds. The molecule has 1 aliphatic rings. The molecule has 0 aliphatic heterocycles. The van der Waals surface area contributed by atoms with E-state index in [1.165, 1.54) is 0 Å². The number of nitriles is 1. The molecule has 0 radical (unpaired) electrons. The van der Waals surface area contributed by atoms with Crippen molar-refractivity contribution in [3.8, 4) is 6.07 Å². The lowest BCUT2D eigenvalue weighted by molar-refractivity contribution is 0.0176. The van der Waals surface area contributed by atoms with Crippen LogP contribution in [0.25, 0.3) is 0 Å². The van der Waals surface area contributed by atoms with E-state index in [0.29, 0.717) is 12.2 Å². The summed E-state index contributed by atoms with van der Waals surface area (Å²) < 4.78 is 29.1. The van der Waals surface area contributed by atoms with Crippen molar-refractivity contribution < 1.29 is 8.78 Å². The first kappa shape index (κ1) is 18.0. The van der Waals surface area contributed by atoms with Gasteiger partial charge in [0, 0.05) is 25.9 Å². The second-order valence-corrected chi connectivity index (χ2v) is 6.86. The van der Waals surface area contributed by atoms with Crippen molar-refractivity contribution >= 4 is 17.5 Å². The molecule has 7 nitrogen and oxygen atoms in total. The van der Waals surface area contributed by atoms with Crippen molar-refractivity contribution in [1.29, 1.82) is 5.26 Å². The highest BCUT2D eigenvalue weighted by molar-refractivity contribution is 5.58. The summed E-state index contributed by atoms with van der Waals surface area (Å²) in [4.78, 5) is 8.18. The molecular weight excluding hydrogens is 340 g/mol. The maximum Gasteiger partial charge on any atom is 0.275 e. The molecule has 1 unspecified atom stereocenters. The van der Waals surface area contributed by atoms with Gasteiger partial charge in [-0.1, -0.05) is 0 Å². The van der Waals surface area contributed by atoms with Gasteiger partial charge in [-0.15, -0.1) is 0 Å². The van der Waals surface area contributed by atoms with E-state index in [1.807, 2.05) is 20.8 Å². The number of rotatable bonds is 6. The summed E-state index contributed by atoms with van der Waals surface area (Å²) in [5.74, 6) is -2.73. The van der Waals surface area contributed by atoms with Crippen molar-refractivity contribution in [3.05, 3.63) is 23.7 Å². The molecule has 0 aromatic carbocycles. The Hall–Kier alpha value is -2.76. The number of halogens is 2. The van der Waals surface area contributed by atoms with Gasteiger partial charge in [0.25, 0.3) is 5.92 Å². The standard InChI is InChI=1S/C17H21F2N7/c1-5-21-14-11(17(4,18)19)7-22-15(24-14)23-12-8-26(25-10(12)2)13-6-16(13,3)9-20/h7-8,13H,5-6H2,1-4H3,(H2,21,22,23,24)/t13?,16-/m0/s1. The van der Waals surface area contributed by atoms with Crippen LogP contribution in [0.15, 0.2) is 12.4 Å². The maximum atomic E-state index is 13.7. The van der Waals surface area contributed by atoms with Crippen molar-refractivity contribution in [2.24, 2.45) is 5.41 Å². The highest BCUT2D eigenvalue weighted by Crippen LogP contribution is 2.55. The van der Waals surface area contributed by atoms with E-state index in [2.05, 4.69) is 31.8 Å². The van der Waals surface area contributed by atoms with Crippen LogP contribution in [0.1, 0.15) is 44.5 Å². The largest absolute Gasteiger partial charge is 0.370 e. The zero-order chi connectivity index (χ0) is 19.1. The number of hydrogen-bond acceptors (Lipinski definition) is 6. The van der Waals surface area contributed by atoms with Crippen LogP contribution in [0.4, 0.5) is 26.2 Å². The first-order valence-corrected chi connectivity index (χ1v) is 8.41. The summed E-state index contributed by atoms with van der Waals surface area (Å²) in [6.45, 7) is 6.81. The van der Waals surface area contributed by atoms with E-state index in [1.54, 1.807) is 10.9 Å². The molecule has 2 aromatic rings. The first-order valence-electron chi connectivity index (χ1n) is 8.41. The maximum absolute atomic E-state index is 13.7. The number of nitrogens with one attached hydrogen (secondary N) is 2. The van der Waals surface area contributed by atoms with Crippen LogP contribution in [0.3, 0.4) is 0 Å². The third-order valence-corrected chi connectivity index (χ3v) is 4.54. The Kier molecular flexibility index (Phi) is 4.30. The summed E-state index contributed by atoms with van der Waals surface area (Å²) in [7, 11) is 0. The van der Waals surface area contributed by atoms with E-state index in [9.17, 15) is 14.0 Å². The molecule has 0 bridgehead atoms. The highest BCUT2D eigenvalue weighted by Gasteiger charge is 2.53. The summed E-state index contributed by atoms with van der Waals surface area (Å²) in [5.41, 5.74) is 0.755. The normalized spacial score (nSPS) is 22.0. The summed E-state index contributed by atoms with van der Waals surface area (Å²) in [6, 6.07) is 2.34. The Bertz CT molecular complexity index is 865. The molecule has 2 heterocycles. The lowest BCUT2D eigenvalue weighted by Gasteiger charge is -2.16. The lowest BCUT2D eigenvalue weighted by Crippen LogP contribution is -2.15. The van der Waals surface area contributed by atoms with E-state index in [-0.39, 0.29) is 23.4 Å². The van der Waals surface area contributed by atoms with Crippen molar-refractivity contribution in [1.82, 2.24) is 19.7 Å². The Labute approximate surface area is 150 Å². The average Bonchev–Trinajstić information content (AvgIpc) is 3.12. The lowest BCUT2D eigenvalue weighted by atomic mass is 10.2. The molecule has 3 rings (SSSR count). The molecule has 2 N–H and O–H groups in total. The zero-order valence-corrected chi connectivity index (χ0v) is 15.1. The van der Waals surface area contributed by atoms with Crippen LogP contribution in [-0.4, -0.2) is 26.3 Å². The molecule has 1 saturated carbocycles. The monoisotopic (exact) mass is 361 g/mol. The van der Waals surface area contributed by atoms with Crippen LogP contribution in [0.5, 0.6) is 0 Å². The van der Waals surface area contributed by atoms with Gasteiger partial charge in [-0.2, -0.15) is 15.3 Å². The molecule has 0 saturated heterocycles. The first-order chi connectivity index (χ1) is 12.2. The third kappa shape index (κ3) is 3.31. The third-order valence-electron chi connectivity index (χ3n) is 4.54. The number of nitrogens with zero attached hydrogens (tertiary/aromatic N) is 5. The van der Waals surface area contributed by atoms with Gasteiger partial charge in [0.15, 0.2) is 0 Å². The molecule has 2 atom stereocenters. The van der Waals surface area contributed by atoms with E-state index < -0.39 is 11.3 Å². The fourth-order valence-corrected chi connectivity index (χ4v) is 2.80. The van der Waals surface area contributed by atoms with E-state index >= 15 is 0 Å². The van der Waals surface area contributed by atoms with Gasteiger partial charge < -0.3 is 10.6 Å². The van der Waals surface area contributed by atoms with Gasteiger partial charge in [-0.25, -0.2) is 13.8 Å². The Morgan fingerprint density at radius 2 is 2.23 bits per heavy atom. The molecule has 9 heteroatoms. The highest BCUT2D eigenvalue weighted by atomic mass is 19.3. The Morgan fingerprint density at radius 1 is 1.50 bits per heavy atom. The van der Waals surface area contributed by atoms with Crippen LogP contribution in [-0.2, 0) is 5.92 Å². The SMILES string of the molecule is CCNc1nc(Nc2cn(C3C[C@@]3(C)C#N)nc2C)ncc1C(C)(F)F. The predicted octanol–water partition coefficient (Wildman–Crippen LogP) is 3.74. The second-order valence-electron chi connectivity index (χ2n) is 6.86. The molecular formula is C17H21F2N7. The van der Waals surface area contributed by atoms with E-state index in [0.717, 1.165) is 25.2 Å². The number of alkyl halides is 2. The smallest absolute Gasteiger partial charge is 0.275 e. The summed E-state index contributed by atoms with van der Waals surface area (Å²) >= 11 is 0. The van der Waals surface area contributed by atoms with Crippen LogP contribution in [0, 0.1) is 23.7 Å². The van der Waals surface area contributed by atoms with Crippen LogP contribution in [0.2, 0.25) is 0 Å². The molecule has 0 spiro atoms. The molecule has 26 heavy (non-hydrogen) atoms. The van der Waals surface area contributed by atoms with Crippen LogP contribution >= 0.6 is 0 Å². The number of hydrogen-bond donors (Lipinski definition) is 2. The number of aryl methyl sites for hydroxylation is 1. The fraction of sp³-hybridized carbons (Fsp3) is 0.529. The van der Waals surface area contributed by atoms with Gasteiger partial charge in [0.2, 0.25) is 5.95 Å². The van der Waals surface area contributed by atoms with Gasteiger partial charge in [-0.05, 0) is 27.2 Å². The minimum atomic E-state index is -3.04. The van der Waals surface area contributed by atoms with Crippen LogP contribution < -0.4 is 10.6 Å². The minimum Gasteiger partial charge on any atom is -0.370 e. The number of anilines is 3. The Morgan fingerprint density at radius 3 is 2.81 bits per heavy atom.